The largest absolute Gasteiger partial charge is 0.365 e. The SMILES string of the molecule is CC(C)(C)Nc1c(-c2ccc(C#Cc3ncccc3F)s2)nc2ccccn12. The second kappa shape index (κ2) is 7.10. The summed E-state index contributed by atoms with van der Waals surface area (Å²) in [4.78, 5) is 10.6. The lowest BCUT2D eigenvalue weighted by molar-refractivity contribution is 0.617. The Morgan fingerprint density at radius 3 is 2.71 bits per heavy atom. The Balaban J connectivity index is 1.74. The van der Waals surface area contributed by atoms with E-state index in [0.29, 0.717) is 0 Å². The maximum absolute atomic E-state index is 13.7. The number of anilines is 1. The van der Waals surface area contributed by atoms with Crippen LogP contribution < -0.4 is 5.32 Å². The van der Waals surface area contributed by atoms with Crippen LogP contribution in [0.5, 0.6) is 0 Å². The van der Waals surface area contributed by atoms with Gasteiger partial charge in [0.15, 0.2) is 5.82 Å². The summed E-state index contributed by atoms with van der Waals surface area (Å²) in [5.74, 6) is 6.34. The summed E-state index contributed by atoms with van der Waals surface area (Å²) >= 11 is 1.53. The summed E-state index contributed by atoms with van der Waals surface area (Å²) in [7, 11) is 0. The molecule has 0 amide bonds. The van der Waals surface area contributed by atoms with Gasteiger partial charge in [-0.25, -0.2) is 14.4 Å². The molecule has 0 bridgehead atoms. The fourth-order valence-corrected chi connectivity index (χ4v) is 3.62. The van der Waals surface area contributed by atoms with Gasteiger partial charge in [0.05, 0.1) is 9.75 Å². The molecule has 0 radical (unpaired) electrons. The Morgan fingerprint density at radius 2 is 1.93 bits per heavy atom. The number of nitrogens with one attached hydrogen (secondary N) is 1. The van der Waals surface area contributed by atoms with Crippen LogP contribution in [0.3, 0.4) is 0 Å². The van der Waals surface area contributed by atoms with Gasteiger partial charge in [-0.2, -0.15) is 0 Å². The first kappa shape index (κ1) is 18.2. The van der Waals surface area contributed by atoms with E-state index in [1.807, 2.05) is 36.5 Å². The summed E-state index contributed by atoms with van der Waals surface area (Å²) in [6.07, 6.45) is 3.53. The summed E-state index contributed by atoms with van der Waals surface area (Å²) in [5.41, 5.74) is 1.79. The van der Waals surface area contributed by atoms with E-state index in [4.69, 9.17) is 4.98 Å². The first-order valence-corrected chi connectivity index (χ1v) is 9.70. The molecule has 0 atom stereocenters. The normalized spacial score (nSPS) is 11.3. The first-order valence-electron chi connectivity index (χ1n) is 8.89. The van der Waals surface area contributed by atoms with Crippen molar-refractivity contribution in [2.45, 2.75) is 26.3 Å². The van der Waals surface area contributed by atoms with E-state index >= 15 is 0 Å². The minimum atomic E-state index is -0.413. The van der Waals surface area contributed by atoms with Crippen LogP contribution in [0.15, 0.2) is 54.9 Å². The maximum atomic E-state index is 13.7. The molecule has 0 spiro atoms. The van der Waals surface area contributed by atoms with Gasteiger partial charge in [-0.1, -0.05) is 6.07 Å². The minimum absolute atomic E-state index is 0.114. The van der Waals surface area contributed by atoms with Crippen molar-refractivity contribution in [1.29, 1.82) is 0 Å². The van der Waals surface area contributed by atoms with Gasteiger partial charge < -0.3 is 5.32 Å². The molecule has 0 aliphatic rings. The fraction of sp³-hybridized carbons (Fsp3) is 0.182. The predicted octanol–water partition coefficient (Wildman–Crippen LogP) is 5.21. The number of hydrogen-bond acceptors (Lipinski definition) is 4. The van der Waals surface area contributed by atoms with Crippen LogP contribution in [0.1, 0.15) is 31.3 Å². The number of fused-ring (bicyclic) bond motifs is 1. The first-order chi connectivity index (χ1) is 13.4. The van der Waals surface area contributed by atoms with Gasteiger partial charge >= 0.3 is 0 Å². The molecule has 4 nitrogen and oxygen atoms in total. The van der Waals surface area contributed by atoms with Crippen LogP contribution in [0.4, 0.5) is 10.2 Å². The number of halogens is 1. The lowest BCUT2D eigenvalue weighted by Crippen LogP contribution is -2.27. The van der Waals surface area contributed by atoms with Crippen molar-refractivity contribution in [2.24, 2.45) is 0 Å². The molecule has 0 fully saturated rings. The molecule has 6 heteroatoms. The summed E-state index contributed by atoms with van der Waals surface area (Å²) in [6, 6.07) is 12.8. The highest BCUT2D eigenvalue weighted by molar-refractivity contribution is 7.16. The molecule has 4 aromatic rings. The van der Waals surface area contributed by atoms with Crippen molar-refractivity contribution >= 4 is 22.8 Å². The molecule has 0 aliphatic heterocycles. The molecule has 0 aliphatic carbocycles. The standard InChI is InChI=1S/C22H19FN4S/c1-22(2,3)26-21-20(25-19-8-4-5-14-27(19)21)18-12-10-15(28-18)9-11-17-16(23)7-6-13-24-17/h4-8,10,12-14,26H,1-3H3. The van der Waals surface area contributed by atoms with E-state index in [1.54, 1.807) is 6.07 Å². The highest BCUT2D eigenvalue weighted by atomic mass is 32.1. The van der Waals surface area contributed by atoms with Crippen molar-refractivity contribution in [3.05, 3.63) is 71.2 Å². The zero-order chi connectivity index (χ0) is 19.7. The van der Waals surface area contributed by atoms with E-state index in [2.05, 4.69) is 47.3 Å². The summed E-state index contributed by atoms with van der Waals surface area (Å²) in [5, 5.41) is 3.56. The van der Waals surface area contributed by atoms with Gasteiger partial charge in [-0.3, -0.25) is 4.40 Å². The predicted molar refractivity (Wildman–Crippen MR) is 112 cm³/mol. The zero-order valence-corrected chi connectivity index (χ0v) is 16.6. The molecule has 28 heavy (non-hydrogen) atoms. The fourth-order valence-electron chi connectivity index (χ4n) is 2.77. The van der Waals surface area contributed by atoms with Crippen LogP contribution in [-0.2, 0) is 0 Å². The Kier molecular flexibility index (Phi) is 4.62. The number of imidazole rings is 1. The Morgan fingerprint density at radius 1 is 1.07 bits per heavy atom. The smallest absolute Gasteiger partial charge is 0.157 e. The van der Waals surface area contributed by atoms with E-state index in [1.165, 1.54) is 23.6 Å². The van der Waals surface area contributed by atoms with Gasteiger partial charge in [-0.15, -0.1) is 11.3 Å². The van der Waals surface area contributed by atoms with Gasteiger partial charge in [0.25, 0.3) is 0 Å². The van der Waals surface area contributed by atoms with E-state index in [0.717, 1.165) is 26.9 Å². The van der Waals surface area contributed by atoms with E-state index in [-0.39, 0.29) is 11.2 Å². The van der Waals surface area contributed by atoms with E-state index in [9.17, 15) is 4.39 Å². The number of hydrogen-bond donors (Lipinski definition) is 1. The van der Waals surface area contributed by atoms with E-state index < -0.39 is 5.82 Å². The third-order valence-corrected chi connectivity index (χ3v) is 4.93. The van der Waals surface area contributed by atoms with Crippen molar-refractivity contribution in [3.8, 4) is 22.4 Å². The van der Waals surface area contributed by atoms with Crippen molar-refractivity contribution in [2.75, 3.05) is 5.32 Å². The minimum Gasteiger partial charge on any atom is -0.365 e. The number of pyridine rings is 2. The quantitative estimate of drug-likeness (QED) is 0.478. The molecule has 0 aromatic carbocycles. The van der Waals surface area contributed by atoms with Gasteiger partial charge in [-0.05, 0) is 69.0 Å². The Hall–Kier alpha value is -3.17. The van der Waals surface area contributed by atoms with Gasteiger partial charge in [0.2, 0.25) is 0 Å². The average molecular weight is 390 g/mol. The number of rotatable bonds is 2. The van der Waals surface area contributed by atoms with Crippen LogP contribution >= 0.6 is 11.3 Å². The molecule has 0 saturated carbocycles. The second-order valence-corrected chi connectivity index (χ2v) is 8.44. The molecule has 0 saturated heterocycles. The number of nitrogens with zero attached hydrogens (tertiary/aromatic N) is 3. The van der Waals surface area contributed by atoms with Crippen molar-refractivity contribution < 1.29 is 4.39 Å². The van der Waals surface area contributed by atoms with Crippen LogP contribution in [-0.4, -0.2) is 19.9 Å². The highest BCUT2D eigenvalue weighted by Crippen LogP contribution is 2.35. The zero-order valence-electron chi connectivity index (χ0n) is 15.8. The molecule has 140 valence electrons. The van der Waals surface area contributed by atoms with Crippen LogP contribution in [0.25, 0.3) is 16.2 Å². The van der Waals surface area contributed by atoms with Crippen LogP contribution in [0.2, 0.25) is 0 Å². The molecular formula is C22H19FN4S. The van der Waals surface area contributed by atoms with Crippen LogP contribution in [0, 0.1) is 17.7 Å². The van der Waals surface area contributed by atoms with Crippen molar-refractivity contribution in [3.63, 3.8) is 0 Å². The second-order valence-electron chi connectivity index (χ2n) is 7.36. The maximum Gasteiger partial charge on any atom is 0.157 e. The monoisotopic (exact) mass is 390 g/mol. The molecule has 4 rings (SSSR count). The number of aromatic nitrogens is 3. The lowest BCUT2D eigenvalue weighted by Gasteiger charge is -2.22. The third-order valence-electron chi connectivity index (χ3n) is 3.93. The highest BCUT2D eigenvalue weighted by Gasteiger charge is 2.20. The Labute approximate surface area is 167 Å². The average Bonchev–Trinajstić information content (AvgIpc) is 3.25. The molecule has 4 heterocycles. The summed E-state index contributed by atoms with van der Waals surface area (Å²) in [6.45, 7) is 6.35. The van der Waals surface area contributed by atoms with Gasteiger partial charge in [0.1, 0.15) is 22.9 Å². The molecule has 4 aromatic heterocycles. The molecule has 0 unspecified atom stereocenters. The molecular weight excluding hydrogens is 371 g/mol. The topological polar surface area (TPSA) is 42.2 Å². The van der Waals surface area contributed by atoms with Crippen molar-refractivity contribution in [1.82, 2.24) is 14.4 Å². The Bertz CT molecular complexity index is 1200. The lowest BCUT2D eigenvalue weighted by atomic mass is 10.1. The number of thiophene rings is 1. The third kappa shape index (κ3) is 3.75. The molecule has 1 N–H and O–H groups in total. The summed E-state index contributed by atoms with van der Waals surface area (Å²) < 4.78 is 15.8. The van der Waals surface area contributed by atoms with Gasteiger partial charge in [0, 0.05) is 17.9 Å².